The highest BCUT2D eigenvalue weighted by Crippen LogP contribution is 2.09. The lowest BCUT2D eigenvalue weighted by molar-refractivity contribution is -0.119. The molecule has 0 fully saturated rings. The molecule has 0 spiro atoms. The lowest BCUT2D eigenvalue weighted by Gasteiger charge is -2.00. The number of hydrogen-bond donors (Lipinski definition) is 0. The van der Waals surface area contributed by atoms with Crippen molar-refractivity contribution in [3.05, 3.63) is 12.2 Å². The highest BCUT2D eigenvalue weighted by molar-refractivity contribution is 5.78. The lowest BCUT2D eigenvalue weighted by atomic mass is 10.0. The second-order valence-corrected chi connectivity index (χ2v) is 4.83. The number of Topliss-reactive ketones (excluding diaryl/α,β-unsaturated/α-hetero) is 1. The summed E-state index contributed by atoms with van der Waals surface area (Å²) in [4.78, 5) is 11.5. The highest BCUT2D eigenvalue weighted by atomic mass is 16.1. The minimum atomic E-state index is 0.444. The first kappa shape index (κ1) is 16.4. The molecule has 0 unspecified atom stereocenters. The predicted octanol–water partition coefficient (Wildman–Crippen LogP) is 5.44. The molecule has 0 saturated carbocycles. The van der Waals surface area contributed by atoms with Gasteiger partial charge in [-0.3, -0.25) is 4.79 Å². The van der Waals surface area contributed by atoms with Crippen molar-refractivity contribution < 1.29 is 4.79 Å². The summed E-state index contributed by atoms with van der Waals surface area (Å²) >= 11 is 0. The first-order valence-corrected chi connectivity index (χ1v) is 7.48. The van der Waals surface area contributed by atoms with Crippen LogP contribution in [-0.4, -0.2) is 5.78 Å². The van der Waals surface area contributed by atoms with Crippen LogP contribution in [0.3, 0.4) is 0 Å². The molecule has 0 atom stereocenters. The summed E-state index contributed by atoms with van der Waals surface area (Å²) in [6.07, 6.45) is 16.9. The van der Waals surface area contributed by atoms with Crippen LogP contribution in [0.4, 0.5) is 0 Å². The van der Waals surface area contributed by atoms with E-state index in [1.807, 2.05) is 0 Å². The van der Waals surface area contributed by atoms with Gasteiger partial charge in [0, 0.05) is 12.8 Å². The van der Waals surface area contributed by atoms with Crippen molar-refractivity contribution in [2.24, 2.45) is 0 Å². The molecule has 0 saturated heterocycles. The minimum Gasteiger partial charge on any atom is -0.300 e. The second kappa shape index (κ2) is 13.5. The van der Waals surface area contributed by atoms with Gasteiger partial charge in [-0.1, -0.05) is 64.5 Å². The van der Waals surface area contributed by atoms with Crippen molar-refractivity contribution in [1.82, 2.24) is 0 Å². The molecular weight excluding hydrogens is 208 g/mol. The molecule has 0 aromatic carbocycles. The molecule has 0 heterocycles. The van der Waals surface area contributed by atoms with Gasteiger partial charge in [0.05, 0.1) is 0 Å². The zero-order valence-electron chi connectivity index (χ0n) is 11.8. The van der Waals surface area contributed by atoms with Crippen LogP contribution in [0.5, 0.6) is 0 Å². The Hall–Kier alpha value is -0.590. The van der Waals surface area contributed by atoms with Crippen LogP contribution >= 0.6 is 0 Å². The maximum absolute atomic E-state index is 11.5. The van der Waals surface area contributed by atoms with Crippen LogP contribution in [0, 0.1) is 0 Å². The molecule has 0 bridgehead atoms. The third kappa shape index (κ3) is 13.3. The zero-order chi connectivity index (χ0) is 12.8. The Morgan fingerprint density at radius 2 is 1.47 bits per heavy atom. The molecule has 1 nitrogen and oxygen atoms in total. The SMILES string of the molecule is CC/C=C\CCC(=O)CCCCCCCCC. The molecular formula is C16H30O. The first-order chi connectivity index (χ1) is 8.31. The molecule has 0 aliphatic heterocycles. The average Bonchev–Trinajstić information content (AvgIpc) is 2.33. The van der Waals surface area contributed by atoms with Gasteiger partial charge in [0.15, 0.2) is 0 Å². The number of ketones is 1. The zero-order valence-corrected chi connectivity index (χ0v) is 11.8. The van der Waals surface area contributed by atoms with Crippen molar-refractivity contribution in [3.8, 4) is 0 Å². The summed E-state index contributed by atoms with van der Waals surface area (Å²) in [6, 6.07) is 0. The fraction of sp³-hybridized carbons (Fsp3) is 0.812. The number of unbranched alkanes of at least 4 members (excludes halogenated alkanes) is 6. The minimum absolute atomic E-state index is 0.444. The molecule has 17 heavy (non-hydrogen) atoms. The molecule has 100 valence electrons. The van der Waals surface area contributed by atoms with Crippen LogP contribution in [0.1, 0.15) is 84.5 Å². The summed E-state index contributed by atoms with van der Waals surface area (Å²) in [7, 11) is 0. The Kier molecular flexibility index (Phi) is 13.0. The topological polar surface area (TPSA) is 17.1 Å². The van der Waals surface area contributed by atoms with Crippen LogP contribution in [0.2, 0.25) is 0 Å². The fourth-order valence-electron chi connectivity index (χ4n) is 1.93. The Labute approximate surface area is 108 Å². The molecule has 0 aromatic heterocycles. The normalized spacial score (nSPS) is 11.2. The van der Waals surface area contributed by atoms with Crippen molar-refractivity contribution in [1.29, 1.82) is 0 Å². The van der Waals surface area contributed by atoms with E-state index in [1.165, 1.54) is 38.5 Å². The summed E-state index contributed by atoms with van der Waals surface area (Å²) in [5.41, 5.74) is 0. The quantitative estimate of drug-likeness (QED) is 0.327. The van der Waals surface area contributed by atoms with E-state index in [1.54, 1.807) is 0 Å². The molecule has 0 amide bonds. The number of carbonyl (C=O) groups is 1. The molecule has 1 heteroatoms. The molecule has 0 aliphatic rings. The smallest absolute Gasteiger partial charge is 0.133 e. The van der Waals surface area contributed by atoms with Crippen LogP contribution in [-0.2, 0) is 4.79 Å². The molecule has 0 rings (SSSR count). The van der Waals surface area contributed by atoms with Crippen LogP contribution in [0.15, 0.2) is 12.2 Å². The van der Waals surface area contributed by atoms with E-state index in [4.69, 9.17) is 0 Å². The fourth-order valence-corrected chi connectivity index (χ4v) is 1.93. The van der Waals surface area contributed by atoms with E-state index < -0.39 is 0 Å². The summed E-state index contributed by atoms with van der Waals surface area (Å²) < 4.78 is 0. The van der Waals surface area contributed by atoms with Gasteiger partial charge < -0.3 is 0 Å². The average molecular weight is 238 g/mol. The predicted molar refractivity (Wildman–Crippen MR) is 76.3 cm³/mol. The van der Waals surface area contributed by atoms with E-state index in [9.17, 15) is 4.79 Å². The van der Waals surface area contributed by atoms with Gasteiger partial charge in [-0.05, 0) is 19.3 Å². The Morgan fingerprint density at radius 3 is 2.12 bits per heavy atom. The molecule has 0 aromatic rings. The monoisotopic (exact) mass is 238 g/mol. The van der Waals surface area contributed by atoms with Crippen molar-refractivity contribution in [2.75, 3.05) is 0 Å². The number of carbonyl (C=O) groups excluding carboxylic acids is 1. The van der Waals surface area contributed by atoms with Gasteiger partial charge in [0.1, 0.15) is 5.78 Å². The standard InChI is InChI=1S/C16H30O/c1-3-5-7-9-10-11-13-15-16(17)14-12-8-6-4-2/h6,8H,3-5,7,9-15H2,1-2H3/b8-6-. The summed E-state index contributed by atoms with van der Waals surface area (Å²) in [6.45, 7) is 4.36. The third-order valence-electron chi connectivity index (χ3n) is 3.05. The van der Waals surface area contributed by atoms with Gasteiger partial charge in [0.25, 0.3) is 0 Å². The second-order valence-electron chi connectivity index (χ2n) is 4.83. The largest absolute Gasteiger partial charge is 0.300 e. The Morgan fingerprint density at radius 1 is 0.824 bits per heavy atom. The van der Waals surface area contributed by atoms with E-state index >= 15 is 0 Å². The van der Waals surface area contributed by atoms with Gasteiger partial charge in [-0.15, -0.1) is 0 Å². The Bertz CT molecular complexity index is 194. The van der Waals surface area contributed by atoms with Crippen LogP contribution < -0.4 is 0 Å². The highest BCUT2D eigenvalue weighted by Gasteiger charge is 2.00. The number of allylic oxidation sites excluding steroid dienone is 2. The summed E-state index contributed by atoms with van der Waals surface area (Å²) in [5.74, 6) is 0.444. The van der Waals surface area contributed by atoms with Gasteiger partial charge in [0.2, 0.25) is 0 Å². The maximum Gasteiger partial charge on any atom is 0.133 e. The number of rotatable bonds is 12. The lowest BCUT2D eigenvalue weighted by Crippen LogP contribution is -1.96. The summed E-state index contributed by atoms with van der Waals surface area (Å²) in [5, 5.41) is 0. The molecule has 0 aliphatic carbocycles. The van der Waals surface area contributed by atoms with E-state index in [0.717, 1.165) is 32.1 Å². The van der Waals surface area contributed by atoms with Crippen molar-refractivity contribution in [3.63, 3.8) is 0 Å². The van der Waals surface area contributed by atoms with E-state index in [0.29, 0.717) is 5.78 Å². The van der Waals surface area contributed by atoms with Gasteiger partial charge in [-0.2, -0.15) is 0 Å². The van der Waals surface area contributed by atoms with Crippen molar-refractivity contribution >= 4 is 5.78 Å². The van der Waals surface area contributed by atoms with E-state index in [-0.39, 0.29) is 0 Å². The van der Waals surface area contributed by atoms with E-state index in [2.05, 4.69) is 26.0 Å². The number of hydrogen-bond acceptors (Lipinski definition) is 1. The maximum atomic E-state index is 11.5. The first-order valence-electron chi connectivity index (χ1n) is 7.48. The molecule has 0 N–H and O–H groups in total. The third-order valence-corrected chi connectivity index (χ3v) is 3.05. The van der Waals surface area contributed by atoms with Crippen LogP contribution in [0.25, 0.3) is 0 Å². The van der Waals surface area contributed by atoms with Gasteiger partial charge in [-0.25, -0.2) is 0 Å². The van der Waals surface area contributed by atoms with Crippen molar-refractivity contribution in [2.45, 2.75) is 84.5 Å². The Balaban J connectivity index is 3.19. The molecule has 0 radical (unpaired) electrons. The van der Waals surface area contributed by atoms with Gasteiger partial charge >= 0.3 is 0 Å².